The Morgan fingerprint density at radius 3 is 2.39 bits per heavy atom. The summed E-state index contributed by atoms with van der Waals surface area (Å²) >= 11 is 0. The molecule has 0 aliphatic heterocycles. The van der Waals surface area contributed by atoms with E-state index in [1.807, 2.05) is 21.1 Å². The molecular formula is C11H23NO5P+. The van der Waals surface area contributed by atoms with E-state index in [0.717, 1.165) is 11.0 Å². The molecule has 0 bridgehead atoms. The van der Waals surface area contributed by atoms with Crippen molar-refractivity contribution in [1.82, 2.24) is 0 Å². The van der Waals surface area contributed by atoms with Gasteiger partial charge < -0.3 is 18.5 Å². The molecule has 106 valence electrons. The molecule has 0 heterocycles. The normalized spacial score (nSPS) is 12.9. The number of ether oxygens (including phenoxy) is 2. The zero-order valence-electron chi connectivity index (χ0n) is 11.5. The Morgan fingerprint density at radius 2 is 1.89 bits per heavy atom. The third-order valence-corrected chi connectivity index (χ3v) is 3.18. The van der Waals surface area contributed by atoms with Crippen LogP contribution >= 0.6 is 8.03 Å². The lowest BCUT2D eigenvalue weighted by atomic mass is 10.5. The van der Waals surface area contributed by atoms with Gasteiger partial charge in [0.2, 0.25) is 0 Å². The number of esters is 1. The first-order valence-corrected chi connectivity index (χ1v) is 7.14. The number of carbonyl (C=O) groups is 1. The lowest BCUT2D eigenvalue weighted by Gasteiger charge is -2.23. The monoisotopic (exact) mass is 280 g/mol. The molecule has 6 nitrogen and oxygen atoms in total. The lowest BCUT2D eigenvalue weighted by Crippen LogP contribution is -2.37. The molecule has 0 fully saturated rings. The summed E-state index contributed by atoms with van der Waals surface area (Å²) in [4.78, 5) is 11.1. The Morgan fingerprint density at radius 1 is 1.28 bits per heavy atom. The highest BCUT2D eigenvalue weighted by molar-refractivity contribution is 7.39. The van der Waals surface area contributed by atoms with Crippen molar-refractivity contribution >= 4 is 14.0 Å². The van der Waals surface area contributed by atoms with Crippen molar-refractivity contribution in [3.63, 3.8) is 0 Å². The maximum absolute atomic E-state index is 11.5. The Labute approximate surface area is 109 Å². The van der Waals surface area contributed by atoms with Crippen LogP contribution in [0.15, 0.2) is 12.3 Å². The largest absolute Gasteiger partial charge is 0.490 e. The SMILES string of the molecule is C=C(OC)C(=O)OCC[PH](=O)OCC[N+](C)(C)C. The van der Waals surface area contributed by atoms with E-state index < -0.39 is 14.0 Å². The molecule has 0 saturated heterocycles. The molecule has 0 aromatic heterocycles. The van der Waals surface area contributed by atoms with Crippen molar-refractivity contribution in [3.05, 3.63) is 12.3 Å². The summed E-state index contributed by atoms with van der Waals surface area (Å²) in [6.45, 7) is 4.60. The zero-order valence-corrected chi connectivity index (χ0v) is 12.5. The van der Waals surface area contributed by atoms with Gasteiger partial charge in [0, 0.05) is 0 Å². The number of nitrogens with zero attached hydrogens (tertiary/aromatic N) is 1. The zero-order chi connectivity index (χ0) is 14.2. The average molecular weight is 280 g/mol. The fourth-order valence-corrected chi connectivity index (χ4v) is 1.63. The van der Waals surface area contributed by atoms with Crippen LogP contribution in [-0.4, -0.2) is 64.6 Å². The van der Waals surface area contributed by atoms with E-state index in [2.05, 4.69) is 11.3 Å². The quantitative estimate of drug-likeness (QED) is 0.206. The minimum absolute atomic E-state index is 0.0450. The van der Waals surface area contributed by atoms with Gasteiger partial charge >= 0.3 is 5.97 Å². The van der Waals surface area contributed by atoms with E-state index in [4.69, 9.17) is 9.26 Å². The van der Waals surface area contributed by atoms with Crippen molar-refractivity contribution < 1.29 is 27.8 Å². The summed E-state index contributed by atoms with van der Waals surface area (Å²) in [7, 11) is 5.27. The minimum atomic E-state index is -2.15. The second kappa shape index (κ2) is 8.29. The van der Waals surface area contributed by atoms with Gasteiger partial charge in [-0.2, -0.15) is 0 Å². The first kappa shape index (κ1) is 17.2. The van der Waals surface area contributed by atoms with Crippen LogP contribution in [0.3, 0.4) is 0 Å². The Kier molecular flexibility index (Phi) is 7.91. The van der Waals surface area contributed by atoms with Gasteiger partial charge in [0.15, 0.2) is 13.8 Å². The van der Waals surface area contributed by atoms with Crippen LogP contribution in [0.5, 0.6) is 0 Å². The van der Waals surface area contributed by atoms with Gasteiger partial charge in [0.1, 0.15) is 19.8 Å². The highest BCUT2D eigenvalue weighted by Gasteiger charge is 2.11. The number of methoxy groups -OCH3 is 1. The molecule has 0 radical (unpaired) electrons. The van der Waals surface area contributed by atoms with E-state index in [1.165, 1.54) is 7.11 Å². The third-order valence-electron chi connectivity index (χ3n) is 2.04. The molecule has 0 spiro atoms. The molecule has 0 aliphatic rings. The molecule has 0 amide bonds. The Hall–Kier alpha value is -0.840. The van der Waals surface area contributed by atoms with Crippen molar-refractivity contribution in [2.45, 2.75) is 0 Å². The predicted octanol–water partition coefficient (Wildman–Crippen LogP) is 0.887. The second-order valence-electron chi connectivity index (χ2n) is 4.75. The summed E-state index contributed by atoms with van der Waals surface area (Å²) in [5, 5.41) is 0. The molecular weight excluding hydrogens is 257 g/mol. The molecule has 0 rings (SSSR count). The van der Waals surface area contributed by atoms with Gasteiger partial charge in [-0.25, -0.2) is 4.79 Å². The first-order chi connectivity index (χ1) is 8.26. The van der Waals surface area contributed by atoms with Crippen LogP contribution in [0.2, 0.25) is 0 Å². The fourth-order valence-electron chi connectivity index (χ4n) is 0.896. The van der Waals surface area contributed by atoms with Crippen molar-refractivity contribution in [2.75, 3.05) is 54.2 Å². The number of hydrogen-bond acceptors (Lipinski definition) is 5. The summed E-state index contributed by atoms with van der Waals surface area (Å²) < 4.78 is 26.8. The molecule has 0 saturated carbocycles. The van der Waals surface area contributed by atoms with Crippen molar-refractivity contribution in [3.8, 4) is 0 Å². The van der Waals surface area contributed by atoms with Crippen molar-refractivity contribution in [2.24, 2.45) is 0 Å². The molecule has 1 atom stereocenters. The van der Waals surface area contributed by atoms with Gasteiger partial charge in [-0.15, -0.1) is 0 Å². The number of quaternary nitrogens is 1. The minimum Gasteiger partial charge on any atom is -0.490 e. The van der Waals surface area contributed by atoms with E-state index in [1.54, 1.807) is 0 Å². The molecule has 0 aromatic carbocycles. The number of likely N-dealkylation sites (N-methyl/N-ethyl adjacent to an activating group) is 1. The standard InChI is InChI=1S/C11H23NO5P/c1-10(15-5)11(13)16-8-9-18(14)17-7-6-12(2,3)4/h18H,1,6-9H2,2-5H3/q+1. The summed E-state index contributed by atoms with van der Waals surface area (Å²) in [6, 6.07) is 0. The van der Waals surface area contributed by atoms with Crippen LogP contribution in [0.4, 0.5) is 0 Å². The molecule has 0 aromatic rings. The predicted molar refractivity (Wildman–Crippen MR) is 69.8 cm³/mol. The first-order valence-electron chi connectivity index (χ1n) is 5.62. The second-order valence-corrected chi connectivity index (χ2v) is 6.28. The summed E-state index contributed by atoms with van der Waals surface area (Å²) in [5.74, 6) is -0.709. The van der Waals surface area contributed by atoms with Crippen molar-refractivity contribution in [1.29, 1.82) is 0 Å². The van der Waals surface area contributed by atoms with Gasteiger partial charge in [0.05, 0.1) is 34.4 Å². The lowest BCUT2D eigenvalue weighted by molar-refractivity contribution is -0.870. The van der Waals surface area contributed by atoms with Gasteiger partial charge in [-0.3, -0.25) is 4.57 Å². The average Bonchev–Trinajstić information content (AvgIpc) is 2.26. The van der Waals surface area contributed by atoms with Gasteiger partial charge in [-0.1, -0.05) is 0 Å². The van der Waals surface area contributed by atoms with Crippen LogP contribution in [0.25, 0.3) is 0 Å². The fraction of sp³-hybridized carbons (Fsp3) is 0.727. The highest BCUT2D eigenvalue weighted by atomic mass is 31.1. The topological polar surface area (TPSA) is 61.8 Å². The van der Waals surface area contributed by atoms with Crippen LogP contribution < -0.4 is 0 Å². The number of hydrogen-bond donors (Lipinski definition) is 0. The molecule has 0 N–H and O–H groups in total. The summed E-state index contributed by atoms with van der Waals surface area (Å²) in [5.41, 5.74) is 0. The summed E-state index contributed by atoms with van der Waals surface area (Å²) in [6.07, 6.45) is 0.213. The van der Waals surface area contributed by atoms with Gasteiger partial charge in [-0.05, 0) is 6.58 Å². The van der Waals surface area contributed by atoms with Gasteiger partial charge in [0.25, 0.3) is 0 Å². The highest BCUT2D eigenvalue weighted by Crippen LogP contribution is 2.21. The van der Waals surface area contributed by atoms with E-state index >= 15 is 0 Å². The molecule has 7 heteroatoms. The molecule has 1 unspecified atom stereocenters. The third kappa shape index (κ3) is 9.22. The van der Waals surface area contributed by atoms with E-state index in [9.17, 15) is 9.36 Å². The van der Waals surface area contributed by atoms with E-state index in [-0.39, 0.29) is 18.5 Å². The van der Waals surface area contributed by atoms with E-state index in [0.29, 0.717) is 6.61 Å². The molecule has 18 heavy (non-hydrogen) atoms. The Bertz CT molecular complexity index is 311. The van der Waals surface area contributed by atoms with Crippen LogP contribution in [0, 0.1) is 0 Å². The number of rotatable bonds is 9. The maximum atomic E-state index is 11.5. The molecule has 0 aliphatic carbocycles. The smallest absolute Gasteiger partial charge is 0.372 e. The van der Waals surface area contributed by atoms with Crippen LogP contribution in [-0.2, 0) is 23.4 Å². The van der Waals surface area contributed by atoms with Crippen LogP contribution in [0.1, 0.15) is 0 Å². The number of carbonyl (C=O) groups excluding carboxylic acids is 1. The maximum Gasteiger partial charge on any atom is 0.372 e. The Balaban J connectivity index is 3.66.